The van der Waals surface area contributed by atoms with Crippen molar-refractivity contribution in [1.29, 1.82) is 0 Å². The average Bonchev–Trinajstić information content (AvgIpc) is 2.87. The lowest BCUT2D eigenvalue weighted by Crippen LogP contribution is -2.38. The fourth-order valence-corrected chi connectivity index (χ4v) is 3.22. The number of imide groups is 1. The number of carbonyl (C=O) groups excluding carboxylic acids is 2. The second-order valence-corrected chi connectivity index (χ2v) is 8.19. The number of fused-ring (bicyclic) bond motifs is 1. The third-order valence-electron chi connectivity index (χ3n) is 4.07. The molecule has 1 aliphatic rings. The van der Waals surface area contributed by atoms with Crippen LogP contribution < -0.4 is 9.64 Å². The minimum atomic E-state index is -0.821. The Hall–Kier alpha value is -2.57. The maximum absolute atomic E-state index is 13.8. The van der Waals surface area contributed by atoms with Crippen LogP contribution in [-0.2, 0) is 9.53 Å². The van der Waals surface area contributed by atoms with Gasteiger partial charge in [-0.25, -0.2) is 14.1 Å². The highest BCUT2D eigenvalue weighted by atomic mass is 35.5. The van der Waals surface area contributed by atoms with Crippen molar-refractivity contribution >= 4 is 52.5 Å². The highest BCUT2D eigenvalue weighted by Crippen LogP contribution is 2.41. The molecule has 0 radical (unpaired) electrons. The summed E-state index contributed by atoms with van der Waals surface area (Å²) < 4.78 is 24.3. The Morgan fingerprint density at radius 3 is 2.48 bits per heavy atom. The van der Waals surface area contributed by atoms with Crippen molar-refractivity contribution < 1.29 is 23.5 Å². The third kappa shape index (κ3) is 4.23. The molecule has 2 aromatic carbocycles. The van der Waals surface area contributed by atoms with Gasteiger partial charge in [-0.2, -0.15) is 0 Å². The number of nitrogens with zero attached hydrogens (tertiary/aromatic N) is 1. The SMILES string of the molecule is COc1cc(F)c(Cl)cc1/C=C1/C(=O)N(C(=O)OC(C)(C)C)c2cc(Cl)ccc21. The molecule has 0 N–H and O–H groups in total. The first kappa shape index (κ1) is 21.1. The molecule has 2 amide bonds. The summed E-state index contributed by atoms with van der Waals surface area (Å²) in [7, 11) is 1.38. The van der Waals surface area contributed by atoms with Gasteiger partial charge in [0.25, 0.3) is 5.91 Å². The van der Waals surface area contributed by atoms with Crippen LogP contribution in [0.1, 0.15) is 31.9 Å². The first-order valence-corrected chi connectivity index (χ1v) is 9.39. The fourth-order valence-electron chi connectivity index (χ4n) is 2.88. The van der Waals surface area contributed by atoms with Gasteiger partial charge in [0.05, 0.1) is 23.4 Å². The Bertz CT molecular complexity index is 1040. The molecule has 3 rings (SSSR count). The van der Waals surface area contributed by atoms with Gasteiger partial charge >= 0.3 is 6.09 Å². The van der Waals surface area contributed by atoms with Gasteiger partial charge in [-0.05, 0) is 45.0 Å². The van der Waals surface area contributed by atoms with Gasteiger partial charge in [0, 0.05) is 22.2 Å². The fraction of sp³-hybridized carbons (Fsp3) is 0.238. The van der Waals surface area contributed by atoms with Crippen molar-refractivity contribution in [3.63, 3.8) is 0 Å². The van der Waals surface area contributed by atoms with Crippen LogP contribution in [0.25, 0.3) is 11.6 Å². The standard InChI is InChI=1S/C21H18Cl2FNO4/c1-21(2,3)29-20(27)25-17-9-12(22)5-6-13(17)14(19(25)26)7-11-8-15(23)16(24)10-18(11)28-4/h5-10H,1-4H3/b14-7+. The van der Waals surface area contributed by atoms with Crippen LogP contribution in [0, 0.1) is 5.82 Å². The minimum absolute atomic E-state index is 0.122. The Labute approximate surface area is 177 Å². The van der Waals surface area contributed by atoms with E-state index in [0.717, 1.165) is 11.0 Å². The highest BCUT2D eigenvalue weighted by molar-refractivity contribution is 6.42. The van der Waals surface area contributed by atoms with E-state index in [4.69, 9.17) is 32.7 Å². The molecular weight excluding hydrogens is 420 g/mol. The minimum Gasteiger partial charge on any atom is -0.496 e. The van der Waals surface area contributed by atoms with E-state index in [9.17, 15) is 14.0 Å². The van der Waals surface area contributed by atoms with Gasteiger partial charge in [-0.1, -0.05) is 29.3 Å². The number of halogens is 3. The molecule has 0 unspecified atom stereocenters. The number of anilines is 1. The van der Waals surface area contributed by atoms with E-state index in [1.807, 2.05) is 0 Å². The second-order valence-electron chi connectivity index (χ2n) is 7.35. The van der Waals surface area contributed by atoms with Gasteiger partial charge in [0.15, 0.2) is 0 Å². The zero-order valence-electron chi connectivity index (χ0n) is 16.2. The van der Waals surface area contributed by atoms with E-state index < -0.39 is 23.4 Å². The van der Waals surface area contributed by atoms with Gasteiger partial charge < -0.3 is 9.47 Å². The third-order valence-corrected chi connectivity index (χ3v) is 4.60. The van der Waals surface area contributed by atoms with Crippen LogP contribution >= 0.6 is 23.2 Å². The number of amides is 2. The molecule has 0 bridgehead atoms. The molecule has 8 heteroatoms. The first-order valence-electron chi connectivity index (χ1n) is 8.64. The summed E-state index contributed by atoms with van der Waals surface area (Å²) in [6.07, 6.45) is 0.669. The molecule has 152 valence electrons. The lowest BCUT2D eigenvalue weighted by atomic mass is 10.0. The highest BCUT2D eigenvalue weighted by Gasteiger charge is 2.39. The van der Waals surface area contributed by atoms with Crippen LogP contribution in [0.2, 0.25) is 10.0 Å². The summed E-state index contributed by atoms with van der Waals surface area (Å²) >= 11 is 12.0. The molecule has 0 spiro atoms. The van der Waals surface area contributed by atoms with E-state index in [2.05, 4.69) is 0 Å². The molecule has 0 aromatic heterocycles. The van der Waals surface area contributed by atoms with Crippen molar-refractivity contribution in [3.05, 3.63) is 57.3 Å². The number of methoxy groups -OCH3 is 1. The zero-order valence-corrected chi connectivity index (χ0v) is 17.7. The largest absolute Gasteiger partial charge is 0.496 e. The number of hydrogen-bond acceptors (Lipinski definition) is 4. The summed E-state index contributed by atoms with van der Waals surface area (Å²) in [5.74, 6) is -1.05. The maximum atomic E-state index is 13.8. The van der Waals surface area contributed by atoms with Crippen molar-refractivity contribution in [1.82, 2.24) is 0 Å². The molecule has 5 nitrogen and oxygen atoms in total. The molecule has 29 heavy (non-hydrogen) atoms. The molecule has 0 saturated heterocycles. The quantitative estimate of drug-likeness (QED) is 0.543. The van der Waals surface area contributed by atoms with E-state index in [-0.39, 0.29) is 16.3 Å². The number of carbonyl (C=O) groups is 2. The van der Waals surface area contributed by atoms with Gasteiger partial charge in [-0.3, -0.25) is 4.79 Å². The molecular formula is C21H18Cl2FNO4. The Morgan fingerprint density at radius 1 is 1.17 bits per heavy atom. The van der Waals surface area contributed by atoms with Crippen LogP contribution in [0.4, 0.5) is 14.9 Å². The van der Waals surface area contributed by atoms with Crippen LogP contribution in [0.3, 0.4) is 0 Å². The predicted molar refractivity (Wildman–Crippen MR) is 111 cm³/mol. The van der Waals surface area contributed by atoms with Crippen molar-refractivity contribution in [3.8, 4) is 5.75 Å². The smallest absolute Gasteiger partial charge is 0.422 e. The topological polar surface area (TPSA) is 55.8 Å². The van der Waals surface area contributed by atoms with Crippen molar-refractivity contribution in [2.45, 2.75) is 26.4 Å². The van der Waals surface area contributed by atoms with Crippen LogP contribution in [0.15, 0.2) is 30.3 Å². The van der Waals surface area contributed by atoms with Gasteiger partial charge in [0.1, 0.15) is 17.2 Å². The van der Waals surface area contributed by atoms with E-state index >= 15 is 0 Å². The summed E-state index contributed by atoms with van der Waals surface area (Å²) in [6.45, 7) is 5.10. The molecule has 2 aromatic rings. The Morgan fingerprint density at radius 2 is 1.86 bits per heavy atom. The van der Waals surface area contributed by atoms with Crippen LogP contribution in [0.5, 0.6) is 5.75 Å². The lowest BCUT2D eigenvalue weighted by molar-refractivity contribution is -0.112. The van der Waals surface area contributed by atoms with Crippen molar-refractivity contribution in [2.75, 3.05) is 12.0 Å². The van der Waals surface area contributed by atoms with Gasteiger partial charge in [0.2, 0.25) is 0 Å². The Kier molecular flexibility index (Phi) is 5.61. The van der Waals surface area contributed by atoms with Crippen molar-refractivity contribution in [2.24, 2.45) is 0 Å². The maximum Gasteiger partial charge on any atom is 0.422 e. The molecule has 0 aliphatic carbocycles. The summed E-state index contributed by atoms with van der Waals surface area (Å²) in [6, 6.07) is 7.22. The summed E-state index contributed by atoms with van der Waals surface area (Å²) in [5, 5.41) is 0.234. The number of ether oxygens (including phenoxy) is 2. The number of hydrogen-bond donors (Lipinski definition) is 0. The molecule has 0 atom stereocenters. The molecule has 0 fully saturated rings. The number of rotatable bonds is 2. The van der Waals surface area contributed by atoms with E-state index in [1.165, 1.54) is 25.3 Å². The summed E-state index contributed by atoms with van der Waals surface area (Å²) in [5.41, 5.74) is 0.566. The van der Waals surface area contributed by atoms with E-state index in [0.29, 0.717) is 21.8 Å². The van der Waals surface area contributed by atoms with E-state index in [1.54, 1.807) is 32.9 Å². The van der Waals surface area contributed by atoms with Gasteiger partial charge in [-0.15, -0.1) is 0 Å². The zero-order chi connectivity index (χ0) is 21.5. The molecule has 0 saturated carbocycles. The first-order chi connectivity index (χ1) is 13.5. The normalized spacial score (nSPS) is 14.9. The monoisotopic (exact) mass is 437 g/mol. The second kappa shape index (κ2) is 7.69. The van der Waals surface area contributed by atoms with Crippen LogP contribution in [-0.4, -0.2) is 24.7 Å². The Balaban J connectivity index is 2.15. The number of benzene rings is 2. The molecule has 1 aliphatic heterocycles. The molecule has 1 heterocycles. The predicted octanol–water partition coefficient (Wildman–Crippen LogP) is 5.96. The summed E-state index contributed by atoms with van der Waals surface area (Å²) in [4.78, 5) is 26.7. The lowest BCUT2D eigenvalue weighted by Gasteiger charge is -2.23. The average molecular weight is 438 g/mol.